The fourth-order valence-corrected chi connectivity index (χ4v) is 4.26. The highest BCUT2D eigenvalue weighted by Crippen LogP contribution is 2.17. The second-order valence-electron chi connectivity index (χ2n) is 5.74. The van der Waals surface area contributed by atoms with Gasteiger partial charge < -0.3 is 15.4 Å². The van der Waals surface area contributed by atoms with Crippen LogP contribution >= 0.6 is 24.0 Å². The topological polar surface area (TPSA) is 79.8 Å². The summed E-state index contributed by atoms with van der Waals surface area (Å²) < 4.78 is 41.6. The highest BCUT2D eigenvalue weighted by molar-refractivity contribution is 14.0. The molecule has 0 saturated carbocycles. The number of aliphatic imine (C=N–C) groups is 1. The van der Waals surface area contributed by atoms with Crippen LogP contribution in [0.4, 0.5) is 4.39 Å². The molecule has 1 heterocycles. The van der Waals surface area contributed by atoms with E-state index in [0.717, 1.165) is 5.56 Å². The first-order chi connectivity index (χ1) is 11.4. The zero-order valence-corrected chi connectivity index (χ0v) is 17.5. The van der Waals surface area contributed by atoms with E-state index in [1.165, 1.54) is 12.1 Å². The van der Waals surface area contributed by atoms with Gasteiger partial charge in [0.15, 0.2) is 15.8 Å². The van der Waals surface area contributed by atoms with Crippen LogP contribution in [0.3, 0.4) is 0 Å². The Morgan fingerprint density at radius 3 is 2.60 bits per heavy atom. The SMILES string of the molecule is CCNC(=NCC(OC)c1ccc(F)cc1)NC1CCS(=O)(=O)C1.I. The number of guanidine groups is 1. The van der Waals surface area contributed by atoms with E-state index in [9.17, 15) is 12.8 Å². The summed E-state index contributed by atoms with van der Waals surface area (Å²) in [5, 5.41) is 6.26. The molecule has 142 valence electrons. The second-order valence-corrected chi connectivity index (χ2v) is 7.97. The highest BCUT2D eigenvalue weighted by atomic mass is 127. The lowest BCUT2D eigenvalue weighted by Crippen LogP contribution is -2.44. The van der Waals surface area contributed by atoms with E-state index in [1.54, 1.807) is 19.2 Å². The first kappa shape index (κ1) is 22.1. The number of nitrogens with zero attached hydrogens (tertiary/aromatic N) is 1. The molecule has 6 nitrogen and oxygen atoms in total. The minimum atomic E-state index is -2.94. The molecule has 1 aromatic rings. The second kappa shape index (κ2) is 10.3. The maximum atomic E-state index is 13.0. The Labute approximate surface area is 165 Å². The Kier molecular flexibility index (Phi) is 9.08. The van der Waals surface area contributed by atoms with Gasteiger partial charge in [0.2, 0.25) is 0 Å². The number of nitrogens with one attached hydrogen (secondary N) is 2. The molecule has 0 spiro atoms. The van der Waals surface area contributed by atoms with Crippen LogP contribution in [-0.2, 0) is 14.6 Å². The van der Waals surface area contributed by atoms with E-state index in [4.69, 9.17) is 4.74 Å². The molecule has 0 aliphatic carbocycles. The molecule has 1 aliphatic rings. The molecule has 2 rings (SSSR count). The van der Waals surface area contributed by atoms with Crippen molar-refractivity contribution in [2.45, 2.75) is 25.5 Å². The van der Waals surface area contributed by atoms with Gasteiger partial charge in [0.25, 0.3) is 0 Å². The minimum Gasteiger partial charge on any atom is -0.375 e. The number of halogens is 2. The third kappa shape index (κ3) is 7.06. The first-order valence-electron chi connectivity index (χ1n) is 7.97. The molecule has 25 heavy (non-hydrogen) atoms. The largest absolute Gasteiger partial charge is 0.375 e. The van der Waals surface area contributed by atoms with Crippen molar-refractivity contribution in [3.05, 3.63) is 35.6 Å². The molecule has 1 aromatic carbocycles. The number of hydrogen-bond donors (Lipinski definition) is 2. The van der Waals surface area contributed by atoms with Crippen LogP contribution in [0.1, 0.15) is 25.0 Å². The van der Waals surface area contributed by atoms with Crippen molar-refractivity contribution < 1.29 is 17.5 Å². The molecule has 0 amide bonds. The average Bonchev–Trinajstić information content (AvgIpc) is 2.88. The van der Waals surface area contributed by atoms with E-state index in [-0.39, 0.29) is 53.4 Å². The maximum Gasteiger partial charge on any atom is 0.191 e. The Morgan fingerprint density at radius 2 is 2.08 bits per heavy atom. The summed E-state index contributed by atoms with van der Waals surface area (Å²) >= 11 is 0. The summed E-state index contributed by atoms with van der Waals surface area (Å²) in [5.74, 6) is 0.599. The van der Waals surface area contributed by atoms with Gasteiger partial charge in [0, 0.05) is 19.7 Å². The number of sulfone groups is 1. The number of benzene rings is 1. The maximum absolute atomic E-state index is 13.0. The molecular formula is C16H25FIN3O3S. The minimum absolute atomic E-state index is 0. The van der Waals surface area contributed by atoms with Crippen LogP contribution in [-0.4, -0.2) is 52.1 Å². The van der Waals surface area contributed by atoms with E-state index >= 15 is 0 Å². The van der Waals surface area contributed by atoms with Gasteiger partial charge in [-0.2, -0.15) is 0 Å². The normalized spacial score (nSPS) is 20.6. The Balaban J connectivity index is 0.00000312. The van der Waals surface area contributed by atoms with E-state index in [0.29, 0.717) is 25.5 Å². The summed E-state index contributed by atoms with van der Waals surface area (Å²) in [4.78, 5) is 4.48. The number of methoxy groups -OCH3 is 1. The molecule has 0 aromatic heterocycles. The predicted octanol–water partition coefficient (Wildman–Crippen LogP) is 1.87. The fraction of sp³-hybridized carbons (Fsp3) is 0.562. The van der Waals surface area contributed by atoms with Crippen molar-refractivity contribution in [1.82, 2.24) is 10.6 Å². The number of hydrogen-bond acceptors (Lipinski definition) is 4. The van der Waals surface area contributed by atoms with Crippen LogP contribution in [0.25, 0.3) is 0 Å². The van der Waals surface area contributed by atoms with Crippen LogP contribution in [0, 0.1) is 5.82 Å². The van der Waals surface area contributed by atoms with Crippen molar-refractivity contribution in [2.24, 2.45) is 4.99 Å². The average molecular weight is 485 g/mol. The van der Waals surface area contributed by atoms with Crippen molar-refractivity contribution in [2.75, 3.05) is 31.7 Å². The van der Waals surface area contributed by atoms with E-state index in [1.807, 2.05) is 6.92 Å². The Hall–Kier alpha value is -0.940. The molecule has 2 atom stereocenters. The van der Waals surface area contributed by atoms with Crippen LogP contribution in [0.5, 0.6) is 0 Å². The summed E-state index contributed by atoms with van der Waals surface area (Å²) in [5.41, 5.74) is 0.835. The molecule has 0 radical (unpaired) electrons. The molecular weight excluding hydrogens is 460 g/mol. The molecule has 9 heteroatoms. The molecule has 0 bridgehead atoms. The highest BCUT2D eigenvalue weighted by Gasteiger charge is 2.28. The molecule has 1 aliphatic heterocycles. The third-order valence-corrected chi connectivity index (χ3v) is 5.63. The van der Waals surface area contributed by atoms with Crippen LogP contribution in [0.2, 0.25) is 0 Å². The van der Waals surface area contributed by atoms with Gasteiger partial charge in [0.1, 0.15) is 11.9 Å². The van der Waals surface area contributed by atoms with Crippen molar-refractivity contribution in [1.29, 1.82) is 0 Å². The lowest BCUT2D eigenvalue weighted by atomic mass is 10.1. The predicted molar refractivity (Wildman–Crippen MR) is 108 cm³/mol. The third-order valence-electron chi connectivity index (χ3n) is 3.86. The van der Waals surface area contributed by atoms with Crippen molar-refractivity contribution >= 4 is 39.8 Å². The van der Waals surface area contributed by atoms with Gasteiger partial charge in [-0.25, -0.2) is 12.8 Å². The Morgan fingerprint density at radius 1 is 1.40 bits per heavy atom. The van der Waals surface area contributed by atoms with Gasteiger partial charge in [-0.1, -0.05) is 12.1 Å². The lowest BCUT2D eigenvalue weighted by molar-refractivity contribution is 0.111. The summed E-state index contributed by atoms with van der Waals surface area (Å²) in [6, 6.07) is 5.99. The first-order valence-corrected chi connectivity index (χ1v) is 9.79. The quantitative estimate of drug-likeness (QED) is 0.366. The van der Waals surface area contributed by atoms with Gasteiger partial charge in [-0.05, 0) is 31.0 Å². The summed E-state index contributed by atoms with van der Waals surface area (Å²) in [7, 11) is -1.37. The smallest absolute Gasteiger partial charge is 0.191 e. The summed E-state index contributed by atoms with van der Waals surface area (Å²) in [6.07, 6.45) is 0.284. The van der Waals surface area contributed by atoms with Crippen molar-refractivity contribution in [3.63, 3.8) is 0 Å². The van der Waals surface area contributed by atoms with Crippen LogP contribution in [0.15, 0.2) is 29.3 Å². The van der Waals surface area contributed by atoms with E-state index in [2.05, 4.69) is 15.6 Å². The molecule has 2 unspecified atom stereocenters. The van der Waals surface area contributed by atoms with Gasteiger partial charge in [-0.3, -0.25) is 4.99 Å². The fourth-order valence-electron chi connectivity index (χ4n) is 2.59. The number of rotatable bonds is 6. The Bertz CT molecular complexity index is 668. The monoisotopic (exact) mass is 485 g/mol. The van der Waals surface area contributed by atoms with Crippen LogP contribution < -0.4 is 10.6 Å². The zero-order chi connectivity index (χ0) is 17.6. The molecule has 2 N–H and O–H groups in total. The van der Waals surface area contributed by atoms with E-state index < -0.39 is 9.84 Å². The number of ether oxygens (including phenoxy) is 1. The van der Waals surface area contributed by atoms with Gasteiger partial charge >= 0.3 is 0 Å². The molecule has 1 fully saturated rings. The van der Waals surface area contributed by atoms with Gasteiger partial charge in [0.05, 0.1) is 18.1 Å². The van der Waals surface area contributed by atoms with Crippen molar-refractivity contribution in [3.8, 4) is 0 Å². The standard InChI is InChI=1S/C16H24FN3O3S.HI/c1-3-18-16(20-14-8-9-24(21,22)11-14)19-10-15(23-2)12-4-6-13(17)7-5-12;/h4-7,14-15H,3,8-11H2,1-2H3,(H2,18,19,20);1H. The molecule has 1 saturated heterocycles. The van der Waals surface area contributed by atoms with Gasteiger partial charge in [-0.15, -0.1) is 24.0 Å². The lowest BCUT2D eigenvalue weighted by Gasteiger charge is -2.18. The summed E-state index contributed by atoms with van der Waals surface area (Å²) in [6.45, 7) is 2.95. The zero-order valence-electron chi connectivity index (χ0n) is 14.4.